The van der Waals surface area contributed by atoms with Crippen molar-refractivity contribution >= 4 is 23.4 Å². The van der Waals surface area contributed by atoms with Gasteiger partial charge < -0.3 is 34.2 Å². The van der Waals surface area contributed by atoms with Crippen LogP contribution in [-0.4, -0.2) is 86.4 Å². The summed E-state index contributed by atoms with van der Waals surface area (Å²) in [4.78, 5) is 45.1. The fraction of sp³-hybridized carbons (Fsp3) is 0.444. The highest BCUT2D eigenvalue weighted by Gasteiger charge is 2.54. The molecule has 3 amide bonds. The Balaban J connectivity index is 1.29. The molecular formula is C27H32N4O6. The van der Waals surface area contributed by atoms with Crippen LogP contribution in [0.4, 0.5) is 5.69 Å². The molecule has 2 saturated heterocycles. The van der Waals surface area contributed by atoms with Crippen molar-refractivity contribution in [2.24, 2.45) is 0 Å². The van der Waals surface area contributed by atoms with Crippen LogP contribution in [0.2, 0.25) is 0 Å². The minimum atomic E-state index is -0.802. The Morgan fingerprint density at radius 2 is 1.81 bits per heavy atom. The molecule has 10 heteroatoms. The lowest BCUT2D eigenvalue weighted by atomic mass is 9.85. The lowest BCUT2D eigenvalue weighted by Gasteiger charge is -2.43. The summed E-state index contributed by atoms with van der Waals surface area (Å²) in [6, 6.07) is 15.0. The molecule has 2 aromatic carbocycles. The molecule has 0 unspecified atom stereocenters. The molecule has 0 bridgehead atoms. The number of hydrogen-bond acceptors (Lipinski definition) is 7. The maximum atomic E-state index is 13.8. The normalized spacial score (nSPS) is 18.0. The molecule has 3 heterocycles. The average molecular weight is 509 g/mol. The van der Waals surface area contributed by atoms with Gasteiger partial charge in [0.1, 0.15) is 12.1 Å². The van der Waals surface area contributed by atoms with Gasteiger partial charge in [0.2, 0.25) is 12.7 Å². The van der Waals surface area contributed by atoms with E-state index in [1.807, 2.05) is 30.3 Å². The van der Waals surface area contributed by atoms with Crippen LogP contribution in [0.3, 0.4) is 0 Å². The summed E-state index contributed by atoms with van der Waals surface area (Å²) in [5, 5.41) is 2.87. The molecule has 2 aromatic rings. The summed E-state index contributed by atoms with van der Waals surface area (Å²) in [5.74, 6) is 0.837. The minimum absolute atomic E-state index is 0.00323. The van der Waals surface area contributed by atoms with E-state index in [9.17, 15) is 14.4 Å². The van der Waals surface area contributed by atoms with E-state index in [4.69, 9.17) is 14.2 Å². The third kappa shape index (κ3) is 4.93. The van der Waals surface area contributed by atoms with E-state index >= 15 is 0 Å². The predicted molar refractivity (Wildman–Crippen MR) is 135 cm³/mol. The number of nitrogens with zero attached hydrogens (tertiary/aromatic N) is 3. The first-order valence-electron chi connectivity index (χ1n) is 12.6. The highest BCUT2D eigenvalue weighted by atomic mass is 16.7. The summed E-state index contributed by atoms with van der Waals surface area (Å²) in [6.45, 7) is 2.40. The van der Waals surface area contributed by atoms with Crippen LogP contribution in [0.25, 0.3) is 0 Å². The Morgan fingerprint density at radius 3 is 2.57 bits per heavy atom. The van der Waals surface area contributed by atoms with Gasteiger partial charge in [0.25, 0.3) is 11.8 Å². The highest BCUT2D eigenvalue weighted by Crippen LogP contribution is 2.40. The van der Waals surface area contributed by atoms with Gasteiger partial charge in [-0.3, -0.25) is 14.4 Å². The Kier molecular flexibility index (Phi) is 7.18. The molecule has 0 radical (unpaired) electrons. The van der Waals surface area contributed by atoms with Crippen LogP contribution in [0.15, 0.2) is 48.5 Å². The van der Waals surface area contributed by atoms with Gasteiger partial charge in [0.15, 0.2) is 11.5 Å². The largest absolute Gasteiger partial charge is 0.454 e. The molecule has 2 fully saturated rings. The average Bonchev–Trinajstić information content (AvgIpc) is 3.50. The van der Waals surface area contributed by atoms with Crippen LogP contribution in [-0.2, 0) is 14.3 Å². The van der Waals surface area contributed by atoms with Gasteiger partial charge in [-0.25, -0.2) is 0 Å². The number of carbonyl (C=O) groups excluding carboxylic acids is 3. The van der Waals surface area contributed by atoms with Crippen LogP contribution in [0.5, 0.6) is 11.5 Å². The number of hydrogen-bond donors (Lipinski definition) is 1. The third-order valence-corrected chi connectivity index (χ3v) is 7.26. The molecule has 3 aliphatic rings. The minimum Gasteiger partial charge on any atom is -0.454 e. The first-order chi connectivity index (χ1) is 18.0. The standard InChI is InChI=1S/C27H32N4O6/c1-35-15-5-12-28-24(32)17-30-18-31(21-6-3-2-4-7-21)27(26(30)34)10-13-29(14-11-27)25(33)20-8-9-22-23(16-20)37-19-36-22/h2-4,6-9,16H,5,10-15,17-19H2,1H3,(H,28,32). The second-order valence-corrected chi connectivity index (χ2v) is 9.50. The molecule has 0 atom stereocenters. The zero-order chi connectivity index (χ0) is 25.8. The molecule has 0 aliphatic carbocycles. The van der Waals surface area contributed by atoms with Gasteiger partial charge in [-0.15, -0.1) is 0 Å². The molecule has 5 rings (SSSR count). The maximum Gasteiger partial charge on any atom is 0.253 e. The molecule has 1 spiro atoms. The molecule has 1 N–H and O–H groups in total. The van der Waals surface area contributed by atoms with Crippen molar-refractivity contribution in [1.29, 1.82) is 0 Å². The number of fused-ring (bicyclic) bond motifs is 1. The number of benzene rings is 2. The Bertz CT molecular complexity index is 1150. The number of anilines is 1. The Labute approximate surface area is 216 Å². The molecule has 0 aromatic heterocycles. The molecule has 3 aliphatic heterocycles. The third-order valence-electron chi connectivity index (χ3n) is 7.26. The Morgan fingerprint density at radius 1 is 1.05 bits per heavy atom. The quantitative estimate of drug-likeness (QED) is 0.543. The SMILES string of the molecule is COCCCNC(=O)CN1CN(c2ccccc2)C2(CCN(C(=O)c3ccc4c(c3)OCO4)CC2)C1=O. The van der Waals surface area contributed by atoms with Crippen molar-refractivity contribution in [3.05, 3.63) is 54.1 Å². The summed E-state index contributed by atoms with van der Waals surface area (Å²) in [7, 11) is 1.62. The van der Waals surface area contributed by atoms with Crippen LogP contribution < -0.4 is 19.7 Å². The monoisotopic (exact) mass is 508 g/mol. The number of methoxy groups -OCH3 is 1. The highest BCUT2D eigenvalue weighted by molar-refractivity contribution is 5.98. The summed E-state index contributed by atoms with van der Waals surface area (Å²) in [6.07, 6.45) is 1.66. The van der Waals surface area contributed by atoms with E-state index in [0.29, 0.717) is 69.2 Å². The van der Waals surface area contributed by atoms with Crippen molar-refractivity contribution in [3.63, 3.8) is 0 Å². The van der Waals surface area contributed by atoms with E-state index in [1.165, 1.54) is 0 Å². The number of nitrogens with one attached hydrogen (secondary N) is 1. The van der Waals surface area contributed by atoms with Crippen LogP contribution >= 0.6 is 0 Å². The van der Waals surface area contributed by atoms with Crippen molar-refractivity contribution in [2.75, 3.05) is 58.3 Å². The van der Waals surface area contributed by atoms with Gasteiger partial charge in [-0.2, -0.15) is 0 Å². The number of para-hydroxylation sites is 1. The summed E-state index contributed by atoms with van der Waals surface area (Å²) < 4.78 is 15.8. The van der Waals surface area contributed by atoms with E-state index in [2.05, 4.69) is 10.2 Å². The van der Waals surface area contributed by atoms with E-state index < -0.39 is 5.54 Å². The van der Waals surface area contributed by atoms with Crippen molar-refractivity contribution in [2.45, 2.75) is 24.8 Å². The predicted octanol–water partition coefficient (Wildman–Crippen LogP) is 1.85. The lowest BCUT2D eigenvalue weighted by Crippen LogP contribution is -2.57. The van der Waals surface area contributed by atoms with Crippen LogP contribution in [0.1, 0.15) is 29.6 Å². The zero-order valence-electron chi connectivity index (χ0n) is 21.0. The van der Waals surface area contributed by atoms with Crippen molar-refractivity contribution < 1.29 is 28.6 Å². The van der Waals surface area contributed by atoms with E-state index in [-0.39, 0.29) is 31.1 Å². The molecule has 0 saturated carbocycles. The number of piperidine rings is 1. The number of amides is 3. The fourth-order valence-electron chi connectivity index (χ4n) is 5.29. The second-order valence-electron chi connectivity index (χ2n) is 9.50. The van der Waals surface area contributed by atoms with Crippen molar-refractivity contribution in [3.8, 4) is 11.5 Å². The first kappa shape index (κ1) is 24.9. The van der Waals surface area contributed by atoms with Gasteiger partial charge >= 0.3 is 0 Å². The summed E-state index contributed by atoms with van der Waals surface area (Å²) in [5.41, 5.74) is 0.655. The summed E-state index contributed by atoms with van der Waals surface area (Å²) >= 11 is 0. The second kappa shape index (κ2) is 10.7. The zero-order valence-corrected chi connectivity index (χ0v) is 21.0. The van der Waals surface area contributed by atoms with Gasteiger partial charge in [-0.1, -0.05) is 18.2 Å². The van der Waals surface area contributed by atoms with E-state index in [0.717, 1.165) is 5.69 Å². The maximum absolute atomic E-state index is 13.8. The lowest BCUT2D eigenvalue weighted by molar-refractivity contribution is -0.137. The Hall–Kier alpha value is -3.79. The number of rotatable bonds is 8. The van der Waals surface area contributed by atoms with Gasteiger partial charge in [0, 0.05) is 44.6 Å². The number of carbonyl (C=O) groups is 3. The smallest absolute Gasteiger partial charge is 0.253 e. The van der Waals surface area contributed by atoms with E-state index in [1.54, 1.807) is 35.1 Å². The van der Waals surface area contributed by atoms with Gasteiger partial charge in [-0.05, 0) is 49.6 Å². The van der Waals surface area contributed by atoms with Crippen molar-refractivity contribution in [1.82, 2.24) is 15.1 Å². The molecule has 196 valence electrons. The number of likely N-dealkylation sites (tertiary alicyclic amines) is 1. The van der Waals surface area contributed by atoms with Crippen LogP contribution in [0, 0.1) is 0 Å². The number of ether oxygens (including phenoxy) is 3. The molecule has 10 nitrogen and oxygen atoms in total. The van der Waals surface area contributed by atoms with Gasteiger partial charge in [0.05, 0.1) is 6.67 Å². The fourth-order valence-corrected chi connectivity index (χ4v) is 5.29. The topological polar surface area (TPSA) is 101 Å². The molecular weight excluding hydrogens is 476 g/mol. The molecule has 37 heavy (non-hydrogen) atoms. The first-order valence-corrected chi connectivity index (χ1v) is 12.6.